The SMILES string of the molecule is CCCCC(=O)NNC(=O)c1ccoc1C. The van der Waals surface area contributed by atoms with Crippen molar-refractivity contribution in [2.24, 2.45) is 0 Å². The van der Waals surface area contributed by atoms with Crippen LogP contribution in [0.25, 0.3) is 0 Å². The Morgan fingerprint density at radius 3 is 2.69 bits per heavy atom. The smallest absolute Gasteiger partial charge is 0.273 e. The highest BCUT2D eigenvalue weighted by molar-refractivity contribution is 5.96. The van der Waals surface area contributed by atoms with E-state index in [4.69, 9.17) is 4.42 Å². The van der Waals surface area contributed by atoms with Crippen LogP contribution in [0, 0.1) is 6.92 Å². The lowest BCUT2D eigenvalue weighted by molar-refractivity contribution is -0.121. The van der Waals surface area contributed by atoms with Gasteiger partial charge in [0.25, 0.3) is 5.91 Å². The first-order valence-corrected chi connectivity index (χ1v) is 5.28. The van der Waals surface area contributed by atoms with Gasteiger partial charge in [-0.15, -0.1) is 0 Å². The van der Waals surface area contributed by atoms with Crippen LogP contribution in [0.4, 0.5) is 0 Å². The minimum atomic E-state index is -0.365. The monoisotopic (exact) mass is 224 g/mol. The molecule has 0 fully saturated rings. The summed E-state index contributed by atoms with van der Waals surface area (Å²) in [6, 6.07) is 1.56. The summed E-state index contributed by atoms with van der Waals surface area (Å²) in [6.07, 6.45) is 3.61. The normalized spacial score (nSPS) is 9.88. The van der Waals surface area contributed by atoms with Gasteiger partial charge in [-0.3, -0.25) is 20.4 Å². The summed E-state index contributed by atoms with van der Waals surface area (Å²) in [4.78, 5) is 22.7. The lowest BCUT2D eigenvalue weighted by Gasteiger charge is -2.05. The van der Waals surface area contributed by atoms with Crippen molar-refractivity contribution in [2.45, 2.75) is 33.1 Å². The Kier molecular flexibility index (Phi) is 4.57. The highest BCUT2D eigenvalue weighted by atomic mass is 16.3. The second-order valence-corrected chi connectivity index (χ2v) is 3.50. The quantitative estimate of drug-likeness (QED) is 0.762. The second kappa shape index (κ2) is 5.95. The molecule has 0 aliphatic heterocycles. The highest BCUT2D eigenvalue weighted by Gasteiger charge is 2.11. The average molecular weight is 224 g/mol. The van der Waals surface area contributed by atoms with E-state index in [-0.39, 0.29) is 11.8 Å². The van der Waals surface area contributed by atoms with Gasteiger partial charge in [0, 0.05) is 6.42 Å². The molecule has 1 rings (SSSR count). The molecular weight excluding hydrogens is 208 g/mol. The highest BCUT2D eigenvalue weighted by Crippen LogP contribution is 2.07. The van der Waals surface area contributed by atoms with Crippen molar-refractivity contribution in [3.63, 3.8) is 0 Å². The molecule has 2 amide bonds. The summed E-state index contributed by atoms with van der Waals surface area (Å²) < 4.78 is 4.98. The van der Waals surface area contributed by atoms with Crippen LogP contribution in [-0.2, 0) is 4.79 Å². The van der Waals surface area contributed by atoms with Crippen LogP contribution in [0.1, 0.15) is 42.3 Å². The first-order chi connectivity index (χ1) is 7.65. The minimum Gasteiger partial charge on any atom is -0.469 e. The molecule has 0 saturated carbocycles. The van der Waals surface area contributed by atoms with Crippen LogP contribution in [0.2, 0.25) is 0 Å². The predicted octanol–water partition coefficient (Wildman–Crippen LogP) is 1.54. The third kappa shape index (κ3) is 3.42. The molecule has 5 heteroatoms. The van der Waals surface area contributed by atoms with Crippen molar-refractivity contribution in [1.82, 2.24) is 10.9 Å². The molecule has 0 saturated heterocycles. The van der Waals surface area contributed by atoms with Gasteiger partial charge >= 0.3 is 0 Å². The van der Waals surface area contributed by atoms with E-state index >= 15 is 0 Å². The Hall–Kier alpha value is -1.78. The van der Waals surface area contributed by atoms with E-state index in [1.807, 2.05) is 6.92 Å². The van der Waals surface area contributed by atoms with E-state index in [0.29, 0.717) is 17.7 Å². The van der Waals surface area contributed by atoms with E-state index in [9.17, 15) is 9.59 Å². The number of hydrogen-bond donors (Lipinski definition) is 2. The molecule has 88 valence electrons. The van der Waals surface area contributed by atoms with Gasteiger partial charge in [0.1, 0.15) is 5.76 Å². The average Bonchev–Trinajstić information content (AvgIpc) is 2.69. The summed E-state index contributed by atoms with van der Waals surface area (Å²) >= 11 is 0. The van der Waals surface area contributed by atoms with Gasteiger partial charge in [0.2, 0.25) is 5.91 Å². The maximum absolute atomic E-state index is 11.5. The van der Waals surface area contributed by atoms with Crippen LogP contribution >= 0.6 is 0 Å². The zero-order valence-corrected chi connectivity index (χ0v) is 9.50. The molecule has 0 bridgehead atoms. The Balaban J connectivity index is 2.36. The van der Waals surface area contributed by atoms with Crippen molar-refractivity contribution in [3.8, 4) is 0 Å². The maximum Gasteiger partial charge on any atom is 0.273 e. The molecule has 1 aromatic heterocycles. The van der Waals surface area contributed by atoms with Crippen LogP contribution in [0.3, 0.4) is 0 Å². The van der Waals surface area contributed by atoms with Gasteiger partial charge in [-0.25, -0.2) is 0 Å². The van der Waals surface area contributed by atoms with Crippen molar-refractivity contribution in [1.29, 1.82) is 0 Å². The van der Waals surface area contributed by atoms with Crippen LogP contribution in [-0.4, -0.2) is 11.8 Å². The Labute approximate surface area is 94.2 Å². The first kappa shape index (κ1) is 12.3. The van der Waals surface area contributed by atoms with E-state index in [0.717, 1.165) is 12.8 Å². The predicted molar refractivity (Wildman–Crippen MR) is 58.6 cm³/mol. The summed E-state index contributed by atoms with van der Waals surface area (Å²) in [5.41, 5.74) is 5.12. The molecule has 2 N–H and O–H groups in total. The third-order valence-corrected chi connectivity index (χ3v) is 2.18. The van der Waals surface area contributed by atoms with E-state index in [1.165, 1.54) is 6.26 Å². The molecule has 0 aromatic carbocycles. The number of amides is 2. The fraction of sp³-hybridized carbons (Fsp3) is 0.455. The van der Waals surface area contributed by atoms with Gasteiger partial charge < -0.3 is 4.42 Å². The molecular formula is C11H16N2O3. The first-order valence-electron chi connectivity index (χ1n) is 5.28. The van der Waals surface area contributed by atoms with Crippen LogP contribution < -0.4 is 10.9 Å². The zero-order chi connectivity index (χ0) is 12.0. The molecule has 0 radical (unpaired) electrons. The molecule has 0 spiro atoms. The summed E-state index contributed by atoms with van der Waals surface area (Å²) in [5.74, 6) is -0.0206. The topological polar surface area (TPSA) is 71.3 Å². The number of aryl methyl sites for hydroxylation is 1. The Bertz CT molecular complexity index is 371. The summed E-state index contributed by atoms with van der Waals surface area (Å²) in [7, 11) is 0. The Morgan fingerprint density at radius 1 is 1.38 bits per heavy atom. The molecule has 0 unspecified atom stereocenters. The summed E-state index contributed by atoms with van der Waals surface area (Å²) in [5, 5.41) is 0. The number of nitrogens with one attached hydrogen (secondary N) is 2. The van der Waals surface area contributed by atoms with Crippen molar-refractivity contribution >= 4 is 11.8 Å². The second-order valence-electron chi connectivity index (χ2n) is 3.50. The third-order valence-electron chi connectivity index (χ3n) is 2.18. The lowest BCUT2D eigenvalue weighted by atomic mass is 10.2. The Morgan fingerprint density at radius 2 is 2.12 bits per heavy atom. The van der Waals surface area contributed by atoms with Gasteiger partial charge in [-0.05, 0) is 19.4 Å². The fourth-order valence-electron chi connectivity index (χ4n) is 1.21. The van der Waals surface area contributed by atoms with Gasteiger partial charge in [0.05, 0.1) is 11.8 Å². The summed E-state index contributed by atoms with van der Waals surface area (Å²) in [6.45, 7) is 3.69. The number of carbonyl (C=O) groups excluding carboxylic acids is 2. The number of unbranched alkanes of at least 4 members (excludes halogenated alkanes) is 1. The fourth-order valence-corrected chi connectivity index (χ4v) is 1.21. The van der Waals surface area contributed by atoms with Crippen molar-refractivity contribution in [3.05, 3.63) is 23.7 Å². The molecule has 0 aliphatic carbocycles. The van der Waals surface area contributed by atoms with E-state index in [2.05, 4.69) is 10.9 Å². The molecule has 16 heavy (non-hydrogen) atoms. The zero-order valence-electron chi connectivity index (χ0n) is 9.50. The van der Waals surface area contributed by atoms with E-state index in [1.54, 1.807) is 13.0 Å². The number of furan rings is 1. The van der Waals surface area contributed by atoms with E-state index < -0.39 is 0 Å². The number of carbonyl (C=O) groups is 2. The molecule has 0 atom stereocenters. The maximum atomic E-state index is 11.5. The van der Waals surface area contributed by atoms with Crippen molar-refractivity contribution < 1.29 is 14.0 Å². The largest absolute Gasteiger partial charge is 0.469 e. The van der Waals surface area contributed by atoms with Crippen molar-refractivity contribution in [2.75, 3.05) is 0 Å². The standard InChI is InChI=1S/C11H16N2O3/c1-3-4-5-10(14)12-13-11(15)9-6-7-16-8(9)2/h6-7H,3-5H2,1-2H3,(H,12,14)(H,13,15). The minimum absolute atomic E-state index is 0.184. The number of hydrogen-bond acceptors (Lipinski definition) is 3. The van der Waals surface area contributed by atoms with Gasteiger partial charge in [-0.1, -0.05) is 13.3 Å². The molecule has 5 nitrogen and oxygen atoms in total. The van der Waals surface area contributed by atoms with Gasteiger partial charge in [-0.2, -0.15) is 0 Å². The molecule has 0 aliphatic rings. The molecule has 1 aromatic rings. The van der Waals surface area contributed by atoms with Gasteiger partial charge in [0.15, 0.2) is 0 Å². The van der Waals surface area contributed by atoms with Crippen LogP contribution in [0.5, 0.6) is 0 Å². The lowest BCUT2D eigenvalue weighted by Crippen LogP contribution is -2.41. The number of rotatable bonds is 4. The number of hydrazine groups is 1. The van der Waals surface area contributed by atoms with Crippen LogP contribution in [0.15, 0.2) is 16.7 Å². The molecule has 1 heterocycles.